The first-order chi connectivity index (χ1) is 22.6. The molecule has 11 heteroatoms. The SMILES string of the molecule is CC(C)C[C@@H]1NC(=O)[C@@H](Cc2ccccc2)NC(=O)c2cccc(c2)Oc2ccc(cc2)C[C@@H](C(=O)N(C)Cc2ncc[nH]2)NC1=O. The molecule has 0 aliphatic carbocycles. The zero-order valence-corrected chi connectivity index (χ0v) is 26.7. The van der Waals surface area contributed by atoms with Gasteiger partial charge in [0.25, 0.3) is 5.91 Å². The number of imidazole rings is 1. The number of aromatic nitrogens is 2. The van der Waals surface area contributed by atoms with Gasteiger partial charge in [-0.25, -0.2) is 4.98 Å². The lowest BCUT2D eigenvalue weighted by atomic mass is 9.99. The summed E-state index contributed by atoms with van der Waals surface area (Å²) in [6.45, 7) is 4.12. The summed E-state index contributed by atoms with van der Waals surface area (Å²) in [5, 5.41) is 8.68. The molecule has 0 saturated carbocycles. The van der Waals surface area contributed by atoms with E-state index < -0.39 is 35.8 Å². The number of hydrogen-bond donors (Lipinski definition) is 4. The first kappa shape index (κ1) is 32.9. The zero-order valence-electron chi connectivity index (χ0n) is 26.7. The predicted molar refractivity (Wildman–Crippen MR) is 176 cm³/mol. The van der Waals surface area contributed by atoms with Gasteiger partial charge in [-0.05, 0) is 53.8 Å². The minimum atomic E-state index is -0.987. The second-order valence-electron chi connectivity index (χ2n) is 12.2. The number of ether oxygens (including phenoxy) is 1. The molecule has 2 aliphatic heterocycles. The molecule has 4 N–H and O–H groups in total. The molecule has 3 atom stereocenters. The Bertz CT molecular complexity index is 1670. The quantitative estimate of drug-likeness (QED) is 0.227. The molecule has 1 aromatic heterocycles. The number of nitrogens with zero attached hydrogens (tertiary/aromatic N) is 2. The van der Waals surface area contributed by atoms with Crippen molar-refractivity contribution in [1.29, 1.82) is 0 Å². The third-order valence-corrected chi connectivity index (χ3v) is 7.87. The molecule has 0 fully saturated rings. The van der Waals surface area contributed by atoms with Gasteiger partial charge in [-0.2, -0.15) is 0 Å². The molecule has 0 unspecified atom stereocenters. The first-order valence-corrected chi connectivity index (χ1v) is 15.7. The first-order valence-electron chi connectivity index (χ1n) is 15.7. The maximum atomic E-state index is 13.9. The van der Waals surface area contributed by atoms with Crippen LogP contribution in [0.1, 0.15) is 47.6 Å². The van der Waals surface area contributed by atoms with Gasteiger partial charge in [0, 0.05) is 37.8 Å². The lowest BCUT2D eigenvalue weighted by Gasteiger charge is -2.28. The molecule has 4 bridgehead atoms. The van der Waals surface area contributed by atoms with E-state index in [0.29, 0.717) is 29.3 Å². The van der Waals surface area contributed by atoms with Crippen molar-refractivity contribution >= 4 is 23.6 Å². The smallest absolute Gasteiger partial charge is 0.252 e. The highest BCUT2D eigenvalue weighted by molar-refractivity contribution is 5.99. The van der Waals surface area contributed by atoms with Crippen LogP contribution in [0.2, 0.25) is 0 Å². The van der Waals surface area contributed by atoms with Crippen LogP contribution in [-0.4, -0.2) is 63.7 Å². The van der Waals surface area contributed by atoms with E-state index in [4.69, 9.17) is 4.74 Å². The Morgan fingerprint density at radius 2 is 1.64 bits per heavy atom. The molecule has 3 heterocycles. The van der Waals surface area contributed by atoms with E-state index in [0.717, 1.165) is 11.1 Å². The number of likely N-dealkylation sites (N-methyl/N-ethyl adjacent to an activating group) is 1. The van der Waals surface area contributed by atoms with Crippen molar-refractivity contribution in [3.05, 3.63) is 114 Å². The number of H-pyrrole nitrogens is 1. The van der Waals surface area contributed by atoms with Crippen LogP contribution >= 0.6 is 0 Å². The van der Waals surface area contributed by atoms with Crippen molar-refractivity contribution in [3.8, 4) is 11.5 Å². The molecule has 244 valence electrons. The molecular weight excluding hydrogens is 596 g/mol. The van der Waals surface area contributed by atoms with Crippen LogP contribution in [0.3, 0.4) is 0 Å². The Morgan fingerprint density at radius 3 is 2.34 bits per heavy atom. The van der Waals surface area contributed by atoms with Crippen LogP contribution in [0.5, 0.6) is 11.5 Å². The predicted octanol–water partition coefficient (Wildman–Crippen LogP) is 3.77. The molecular formula is C36H40N6O5. The summed E-state index contributed by atoms with van der Waals surface area (Å²) >= 11 is 0. The molecule has 3 aromatic carbocycles. The van der Waals surface area contributed by atoms with Gasteiger partial charge >= 0.3 is 0 Å². The van der Waals surface area contributed by atoms with Gasteiger partial charge < -0.3 is 30.6 Å². The van der Waals surface area contributed by atoms with Crippen molar-refractivity contribution < 1.29 is 23.9 Å². The zero-order chi connectivity index (χ0) is 33.3. The van der Waals surface area contributed by atoms with E-state index in [9.17, 15) is 19.2 Å². The number of nitrogens with one attached hydrogen (secondary N) is 4. The molecule has 47 heavy (non-hydrogen) atoms. The Balaban J connectivity index is 1.50. The number of aromatic amines is 1. The summed E-state index contributed by atoms with van der Waals surface area (Å²) in [6, 6.07) is 20.4. The van der Waals surface area contributed by atoms with Gasteiger partial charge in [-0.3, -0.25) is 19.2 Å². The van der Waals surface area contributed by atoms with Crippen LogP contribution in [0.25, 0.3) is 0 Å². The average molecular weight is 637 g/mol. The number of carbonyl (C=O) groups is 4. The fourth-order valence-electron chi connectivity index (χ4n) is 5.47. The maximum absolute atomic E-state index is 13.9. The summed E-state index contributed by atoms with van der Waals surface area (Å²) < 4.78 is 6.03. The fraction of sp³-hybridized carbons (Fsp3) is 0.306. The highest BCUT2D eigenvalue weighted by Crippen LogP contribution is 2.24. The lowest BCUT2D eigenvalue weighted by molar-refractivity contribution is -0.137. The van der Waals surface area contributed by atoms with Crippen LogP contribution in [-0.2, 0) is 33.8 Å². The number of hydrogen-bond acceptors (Lipinski definition) is 6. The second kappa shape index (κ2) is 15.2. The number of rotatable bonds is 7. The van der Waals surface area contributed by atoms with Crippen molar-refractivity contribution in [3.63, 3.8) is 0 Å². The van der Waals surface area contributed by atoms with E-state index in [2.05, 4.69) is 25.9 Å². The summed E-state index contributed by atoms with van der Waals surface area (Å²) in [4.78, 5) is 63.8. The monoisotopic (exact) mass is 636 g/mol. The van der Waals surface area contributed by atoms with Crippen molar-refractivity contribution in [2.24, 2.45) is 5.92 Å². The van der Waals surface area contributed by atoms with Crippen LogP contribution in [0, 0.1) is 5.92 Å². The van der Waals surface area contributed by atoms with Gasteiger partial charge in [-0.15, -0.1) is 0 Å². The van der Waals surface area contributed by atoms with Gasteiger partial charge in [0.05, 0.1) is 6.54 Å². The van der Waals surface area contributed by atoms with Crippen LogP contribution < -0.4 is 20.7 Å². The van der Waals surface area contributed by atoms with Gasteiger partial charge in [-0.1, -0.05) is 62.4 Å². The minimum absolute atomic E-state index is 0.0390. The van der Waals surface area contributed by atoms with Crippen LogP contribution in [0.15, 0.2) is 91.3 Å². The molecule has 0 spiro atoms. The van der Waals surface area contributed by atoms with Crippen molar-refractivity contribution in [2.45, 2.75) is 57.8 Å². The highest BCUT2D eigenvalue weighted by Gasteiger charge is 2.32. The molecule has 4 amide bonds. The Kier molecular flexibility index (Phi) is 10.7. The van der Waals surface area contributed by atoms with E-state index in [1.54, 1.807) is 55.8 Å². The lowest BCUT2D eigenvalue weighted by Crippen LogP contribution is -2.57. The van der Waals surface area contributed by atoms with E-state index >= 15 is 0 Å². The molecule has 4 aromatic rings. The summed E-state index contributed by atoms with van der Waals surface area (Å²) in [6.07, 6.45) is 4.02. The standard InChI is InChI=1S/C36H40N6O5/c1-23(2)18-29-34(44)41-31(36(46)42(3)22-32-37-16-17-38-32)20-25-12-14-27(15-13-25)47-28-11-7-10-26(21-28)33(43)39-30(35(45)40-29)19-24-8-5-4-6-9-24/h4-17,21,23,29-31H,18-20,22H2,1-3H3,(H,37,38)(H,39,43)(H,40,45)(H,41,44)/t29-,30+,31-/m0/s1. The second-order valence-corrected chi connectivity index (χ2v) is 12.2. The van der Waals surface area contributed by atoms with E-state index in [1.807, 2.05) is 56.3 Å². The van der Waals surface area contributed by atoms with Gasteiger partial charge in [0.15, 0.2) is 0 Å². The molecule has 6 rings (SSSR count). The van der Waals surface area contributed by atoms with Crippen molar-refractivity contribution in [1.82, 2.24) is 30.8 Å². The maximum Gasteiger partial charge on any atom is 0.252 e. The number of amides is 4. The fourth-order valence-corrected chi connectivity index (χ4v) is 5.47. The van der Waals surface area contributed by atoms with E-state index in [1.165, 1.54) is 4.90 Å². The van der Waals surface area contributed by atoms with Gasteiger partial charge in [0.2, 0.25) is 17.7 Å². The molecule has 2 aliphatic rings. The number of fused-ring (bicyclic) bond motifs is 11. The molecule has 0 saturated heterocycles. The molecule has 0 radical (unpaired) electrons. The highest BCUT2D eigenvalue weighted by atomic mass is 16.5. The Morgan fingerprint density at radius 1 is 0.894 bits per heavy atom. The average Bonchev–Trinajstić information content (AvgIpc) is 3.57. The topological polar surface area (TPSA) is 146 Å². The van der Waals surface area contributed by atoms with Crippen molar-refractivity contribution in [2.75, 3.05) is 7.05 Å². The normalized spacial score (nSPS) is 18.7. The number of benzene rings is 3. The third-order valence-electron chi connectivity index (χ3n) is 7.87. The summed E-state index contributed by atoms with van der Waals surface area (Å²) in [5.74, 6) is -0.144. The van der Waals surface area contributed by atoms with Crippen LogP contribution in [0.4, 0.5) is 0 Å². The Labute approximate surface area is 274 Å². The Hall–Kier alpha value is -5.45. The summed E-state index contributed by atoms with van der Waals surface area (Å²) in [7, 11) is 1.65. The number of carbonyl (C=O) groups excluding carboxylic acids is 4. The summed E-state index contributed by atoms with van der Waals surface area (Å²) in [5.41, 5.74) is 1.96. The van der Waals surface area contributed by atoms with Gasteiger partial charge in [0.1, 0.15) is 35.4 Å². The minimum Gasteiger partial charge on any atom is -0.457 e. The molecule has 11 nitrogen and oxygen atoms in total. The largest absolute Gasteiger partial charge is 0.457 e. The third kappa shape index (κ3) is 9.06. The van der Waals surface area contributed by atoms with E-state index in [-0.39, 0.29) is 31.2 Å².